The topological polar surface area (TPSA) is 84.9 Å². The van der Waals surface area contributed by atoms with E-state index in [2.05, 4.69) is 5.32 Å². The Hall–Kier alpha value is -3.23. The molecule has 0 radical (unpaired) electrons. The van der Waals surface area contributed by atoms with Gasteiger partial charge in [-0.15, -0.1) is 0 Å². The zero-order valence-electron chi connectivity index (χ0n) is 16.9. The fourth-order valence-corrected chi connectivity index (χ4v) is 4.43. The van der Waals surface area contributed by atoms with Gasteiger partial charge in [0, 0.05) is 11.1 Å². The minimum absolute atomic E-state index is 0.0692. The number of halogens is 1. The number of hydrogen-bond acceptors (Lipinski definition) is 5. The van der Waals surface area contributed by atoms with Crippen molar-refractivity contribution >= 4 is 38.9 Å². The summed E-state index contributed by atoms with van der Waals surface area (Å²) >= 11 is 5.95. The molecule has 3 aromatic carbocycles. The van der Waals surface area contributed by atoms with Crippen LogP contribution in [0.5, 0.6) is 11.5 Å². The molecule has 3 rings (SSSR count). The van der Waals surface area contributed by atoms with Crippen molar-refractivity contribution in [2.24, 2.45) is 0 Å². The first-order chi connectivity index (χ1) is 14.8. The fourth-order valence-electron chi connectivity index (χ4n) is 2.86. The summed E-state index contributed by atoms with van der Waals surface area (Å²) in [7, 11) is -1.02. The zero-order valence-corrected chi connectivity index (χ0v) is 18.5. The molecule has 0 spiro atoms. The number of hydrogen-bond donors (Lipinski definition) is 1. The van der Waals surface area contributed by atoms with Crippen molar-refractivity contribution in [1.29, 1.82) is 0 Å². The van der Waals surface area contributed by atoms with E-state index in [9.17, 15) is 13.2 Å². The van der Waals surface area contributed by atoms with Gasteiger partial charge in [-0.25, -0.2) is 8.42 Å². The SMILES string of the molecule is COc1ccc(NC(=O)CN(c2ccc(Cl)cc2)S(=O)(=O)c2ccccc2)c(OC)c1. The molecule has 0 unspecified atom stereocenters. The number of benzene rings is 3. The summed E-state index contributed by atoms with van der Waals surface area (Å²) in [5.74, 6) is 0.402. The molecule has 3 aromatic rings. The molecule has 0 aliphatic carbocycles. The van der Waals surface area contributed by atoms with E-state index >= 15 is 0 Å². The number of carbonyl (C=O) groups is 1. The number of sulfonamides is 1. The van der Waals surface area contributed by atoms with Crippen LogP contribution in [0.25, 0.3) is 0 Å². The minimum Gasteiger partial charge on any atom is -0.497 e. The highest BCUT2D eigenvalue weighted by Crippen LogP contribution is 2.30. The van der Waals surface area contributed by atoms with E-state index in [0.29, 0.717) is 27.9 Å². The Morgan fingerprint density at radius 3 is 2.26 bits per heavy atom. The molecule has 0 saturated carbocycles. The maximum atomic E-state index is 13.3. The molecule has 0 heterocycles. The number of amides is 1. The van der Waals surface area contributed by atoms with E-state index < -0.39 is 22.5 Å². The van der Waals surface area contributed by atoms with Crippen LogP contribution < -0.4 is 19.1 Å². The Kier molecular flexibility index (Phi) is 7.04. The first-order valence-electron chi connectivity index (χ1n) is 9.20. The lowest BCUT2D eigenvalue weighted by molar-refractivity contribution is -0.114. The van der Waals surface area contributed by atoms with Gasteiger partial charge in [0.2, 0.25) is 5.91 Å². The Balaban J connectivity index is 1.92. The number of rotatable bonds is 8. The van der Waals surface area contributed by atoms with Crippen molar-refractivity contribution in [2.75, 3.05) is 30.4 Å². The summed E-state index contributed by atoms with van der Waals surface area (Å²) in [6, 6.07) is 19.0. The molecule has 7 nitrogen and oxygen atoms in total. The maximum absolute atomic E-state index is 13.3. The van der Waals surface area contributed by atoms with Crippen molar-refractivity contribution in [3.63, 3.8) is 0 Å². The van der Waals surface area contributed by atoms with Gasteiger partial charge in [-0.05, 0) is 48.5 Å². The van der Waals surface area contributed by atoms with Crippen LogP contribution in [0.1, 0.15) is 0 Å². The average molecular weight is 461 g/mol. The Morgan fingerprint density at radius 2 is 1.65 bits per heavy atom. The zero-order chi connectivity index (χ0) is 22.4. The van der Waals surface area contributed by atoms with Crippen LogP contribution in [0.4, 0.5) is 11.4 Å². The number of nitrogens with zero attached hydrogens (tertiary/aromatic N) is 1. The highest BCUT2D eigenvalue weighted by Gasteiger charge is 2.27. The summed E-state index contributed by atoms with van der Waals surface area (Å²) < 4.78 is 38.0. The van der Waals surface area contributed by atoms with E-state index in [-0.39, 0.29) is 4.90 Å². The second-order valence-corrected chi connectivity index (χ2v) is 8.71. The predicted molar refractivity (Wildman–Crippen MR) is 121 cm³/mol. The summed E-state index contributed by atoms with van der Waals surface area (Å²) in [4.78, 5) is 12.9. The Labute approximate surface area is 186 Å². The number of nitrogens with one attached hydrogen (secondary N) is 1. The standard InChI is InChI=1S/C22H21ClN2O5S/c1-29-18-12-13-20(21(14-18)30-2)24-22(26)15-25(17-10-8-16(23)9-11-17)31(27,28)19-6-4-3-5-7-19/h3-14H,15H2,1-2H3,(H,24,26). The average Bonchev–Trinajstić information content (AvgIpc) is 2.79. The van der Waals surface area contributed by atoms with Gasteiger partial charge in [-0.1, -0.05) is 29.8 Å². The molecule has 0 aliphatic rings. The molecule has 0 aliphatic heterocycles. The number of anilines is 2. The molecule has 0 aromatic heterocycles. The normalized spacial score (nSPS) is 10.9. The molecular weight excluding hydrogens is 440 g/mol. The highest BCUT2D eigenvalue weighted by atomic mass is 35.5. The highest BCUT2D eigenvalue weighted by molar-refractivity contribution is 7.92. The molecular formula is C22H21ClN2O5S. The van der Waals surface area contributed by atoms with Crippen LogP contribution in [-0.2, 0) is 14.8 Å². The van der Waals surface area contributed by atoms with Crippen LogP contribution in [0.15, 0.2) is 77.7 Å². The van der Waals surface area contributed by atoms with Crippen molar-refractivity contribution in [3.05, 3.63) is 77.8 Å². The van der Waals surface area contributed by atoms with E-state index in [4.69, 9.17) is 21.1 Å². The molecule has 0 fully saturated rings. The minimum atomic E-state index is -4.00. The Morgan fingerprint density at radius 1 is 0.968 bits per heavy atom. The van der Waals surface area contributed by atoms with Gasteiger partial charge in [-0.2, -0.15) is 0 Å². The van der Waals surface area contributed by atoms with Crippen molar-refractivity contribution in [3.8, 4) is 11.5 Å². The largest absolute Gasteiger partial charge is 0.497 e. The maximum Gasteiger partial charge on any atom is 0.264 e. The molecule has 0 bridgehead atoms. The number of ether oxygens (including phenoxy) is 2. The van der Waals surface area contributed by atoms with Crippen molar-refractivity contribution in [1.82, 2.24) is 0 Å². The molecule has 0 atom stereocenters. The summed E-state index contributed by atoms with van der Waals surface area (Å²) in [5.41, 5.74) is 0.701. The van der Waals surface area contributed by atoms with Gasteiger partial charge < -0.3 is 14.8 Å². The molecule has 1 N–H and O–H groups in total. The van der Waals surface area contributed by atoms with Gasteiger partial charge in [0.05, 0.1) is 30.5 Å². The molecule has 0 saturated heterocycles. The third-order valence-electron chi connectivity index (χ3n) is 4.42. The number of methoxy groups -OCH3 is 2. The van der Waals surface area contributed by atoms with Gasteiger partial charge in [0.25, 0.3) is 10.0 Å². The monoisotopic (exact) mass is 460 g/mol. The van der Waals surface area contributed by atoms with Crippen LogP contribution in [0.2, 0.25) is 5.02 Å². The van der Waals surface area contributed by atoms with E-state index in [1.54, 1.807) is 60.7 Å². The molecule has 31 heavy (non-hydrogen) atoms. The lowest BCUT2D eigenvalue weighted by atomic mass is 10.2. The second-order valence-electron chi connectivity index (χ2n) is 6.42. The van der Waals surface area contributed by atoms with Crippen molar-refractivity contribution < 1.29 is 22.7 Å². The summed E-state index contributed by atoms with van der Waals surface area (Å²) in [6.45, 7) is -0.450. The smallest absolute Gasteiger partial charge is 0.264 e. The van der Waals surface area contributed by atoms with Crippen molar-refractivity contribution in [2.45, 2.75) is 4.90 Å². The Bertz CT molecular complexity index is 1150. The van der Waals surface area contributed by atoms with E-state index in [0.717, 1.165) is 4.31 Å². The van der Waals surface area contributed by atoms with Crippen LogP contribution in [0.3, 0.4) is 0 Å². The first kappa shape index (κ1) is 22.5. The second kappa shape index (κ2) is 9.72. The van der Waals surface area contributed by atoms with Gasteiger partial charge >= 0.3 is 0 Å². The lowest BCUT2D eigenvalue weighted by Gasteiger charge is -2.24. The fraction of sp³-hybridized carbons (Fsp3) is 0.136. The molecule has 1 amide bonds. The van der Waals surface area contributed by atoms with Crippen LogP contribution >= 0.6 is 11.6 Å². The molecule has 9 heteroatoms. The van der Waals surface area contributed by atoms with Crippen LogP contribution in [-0.4, -0.2) is 35.1 Å². The summed E-state index contributed by atoms with van der Waals surface area (Å²) in [5, 5.41) is 3.15. The lowest BCUT2D eigenvalue weighted by Crippen LogP contribution is -2.38. The van der Waals surface area contributed by atoms with Gasteiger partial charge in [0.1, 0.15) is 18.0 Å². The van der Waals surface area contributed by atoms with E-state index in [1.165, 1.54) is 26.4 Å². The summed E-state index contributed by atoms with van der Waals surface area (Å²) in [6.07, 6.45) is 0. The third kappa shape index (κ3) is 5.28. The number of carbonyl (C=O) groups excluding carboxylic acids is 1. The van der Waals surface area contributed by atoms with Crippen LogP contribution in [0, 0.1) is 0 Å². The third-order valence-corrected chi connectivity index (χ3v) is 6.46. The quantitative estimate of drug-likeness (QED) is 0.544. The molecule has 162 valence electrons. The predicted octanol–water partition coefficient (Wildman–Crippen LogP) is 4.19. The van der Waals surface area contributed by atoms with Gasteiger partial charge in [0.15, 0.2) is 0 Å². The van der Waals surface area contributed by atoms with E-state index in [1.807, 2.05) is 0 Å². The van der Waals surface area contributed by atoms with Gasteiger partial charge in [-0.3, -0.25) is 9.10 Å². The first-order valence-corrected chi connectivity index (χ1v) is 11.0.